The number of alkyl halides is 3. The van der Waals surface area contributed by atoms with Gasteiger partial charge in [0.05, 0.1) is 0 Å². The van der Waals surface area contributed by atoms with Gasteiger partial charge in [-0.15, -0.1) is 0 Å². The molecule has 0 saturated heterocycles. The van der Waals surface area contributed by atoms with E-state index < -0.39 is 11.8 Å². The van der Waals surface area contributed by atoms with Crippen molar-refractivity contribution in [1.29, 1.82) is 0 Å². The molecule has 3 unspecified atom stereocenters. The van der Waals surface area contributed by atoms with E-state index in [9.17, 15) is 23.1 Å². The van der Waals surface area contributed by atoms with Gasteiger partial charge in [-0.05, 0) is 99.2 Å². The second kappa shape index (κ2) is 5.96. The lowest BCUT2D eigenvalue weighted by molar-refractivity contribution is -0.290. The van der Waals surface area contributed by atoms with Crippen LogP contribution in [0.1, 0.15) is 78.6 Å². The van der Waals surface area contributed by atoms with Crippen molar-refractivity contribution in [2.45, 2.75) is 90.3 Å². The van der Waals surface area contributed by atoms with E-state index in [1.807, 2.05) is 0 Å². The summed E-state index contributed by atoms with van der Waals surface area (Å²) in [5.74, 6) is 1.94. The molecule has 27 heavy (non-hydrogen) atoms. The number of rotatable bonds is 1. The largest absolute Gasteiger partial charge is 0.417 e. The molecular formula is C22H33F3O2. The maximum atomic E-state index is 13.4. The van der Waals surface area contributed by atoms with E-state index in [4.69, 9.17) is 0 Å². The van der Waals surface area contributed by atoms with Gasteiger partial charge in [-0.2, -0.15) is 13.2 Å². The number of fused-ring (bicyclic) bond motifs is 5. The van der Waals surface area contributed by atoms with Gasteiger partial charge in [0, 0.05) is 5.92 Å². The van der Waals surface area contributed by atoms with Gasteiger partial charge >= 0.3 is 6.18 Å². The number of carbonyl (C=O) groups excluding carboxylic acids is 1. The Morgan fingerprint density at radius 3 is 2.22 bits per heavy atom. The van der Waals surface area contributed by atoms with Gasteiger partial charge in [-0.25, -0.2) is 0 Å². The summed E-state index contributed by atoms with van der Waals surface area (Å²) in [6, 6.07) is 0. The molecule has 4 saturated carbocycles. The monoisotopic (exact) mass is 386 g/mol. The standard InChI is InChI=1S/C22H33F3O2/c1-13(26)16-6-7-17-15-5-4-14-12-21(27,22(23,24)25)11-10-19(14,2)18(15)8-9-20(16,17)3/h14-18,27H,4-12H2,1-3H3/t14-,15?,16+,17?,18?,19-,20+,21+/m0/s1. The van der Waals surface area contributed by atoms with E-state index in [2.05, 4.69) is 13.8 Å². The molecule has 0 amide bonds. The molecule has 0 aromatic carbocycles. The van der Waals surface area contributed by atoms with Crippen molar-refractivity contribution >= 4 is 5.78 Å². The first-order valence-corrected chi connectivity index (χ1v) is 10.7. The van der Waals surface area contributed by atoms with E-state index in [1.54, 1.807) is 6.92 Å². The third-order valence-electron chi connectivity index (χ3n) is 9.74. The van der Waals surface area contributed by atoms with Crippen molar-refractivity contribution in [2.75, 3.05) is 0 Å². The molecule has 8 atom stereocenters. The summed E-state index contributed by atoms with van der Waals surface area (Å²) in [7, 11) is 0. The molecule has 154 valence electrons. The van der Waals surface area contributed by atoms with E-state index in [-0.39, 0.29) is 35.5 Å². The Balaban J connectivity index is 1.59. The SMILES string of the molecule is CC(=O)[C@H]1CCC2C3CC[C@H]4C[C@@](O)(C(F)(F)F)CC[C@]4(C)C3CC[C@@]21C. The second-order valence-corrected chi connectivity index (χ2v) is 10.7. The number of hydrogen-bond donors (Lipinski definition) is 1. The highest BCUT2D eigenvalue weighted by Gasteiger charge is 2.65. The van der Waals surface area contributed by atoms with E-state index >= 15 is 0 Å². The Morgan fingerprint density at radius 1 is 0.926 bits per heavy atom. The van der Waals surface area contributed by atoms with Crippen molar-refractivity contribution in [3.8, 4) is 0 Å². The van der Waals surface area contributed by atoms with Gasteiger partial charge in [-0.1, -0.05) is 13.8 Å². The molecule has 0 aromatic rings. The average molecular weight is 386 g/mol. The Bertz CT molecular complexity index is 632. The van der Waals surface area contributed by atoms with Crippen molar-refractivity contribution in [2.24, 2.45) is 40.4 Å². The van der Waals surface area contributed by atoms with E-state index in [0.717, 1.165) is 38.5 Å². The van der Waals surface area contributed by atoms with Crippen molar-refractivity contribution < 1.29 is 23.1 Å². The predicted molar refractivity (Wildman–Crippen MR) is 96.9 cm³/mol. The molecule has 2 nitrogen and oxygen atoms in total. The van der Waals surface area contributed by atoms with Crippen LogP contribution >= 0.6 is 0 Å². The number of carbonyl (C=O) groups is 1. The Morgan fingerprint density at radius 2 is 1.59 bits per heavy atom. The highest BCUT2D eigenvalue weighted by molar-refractivity contribution is 5.79. The average Bonchev–Trinajstić information content (AvgIpc) is 2.92. The minimum absolute atomic E-state index is 0.0477. The van der Waals surface area contributed by atoms with Crippen LogP contribution in [0.15, 0.2) is 0 Å². The van der Waals surface area contributed by atoms with Crippen LogP contribution in [0.3, 0.4) is 0 Å². The van der Waals surface area contributed by atoms with Crippen LogP contribution in [-0.2, 0) is 4.79 Å². The normalized spacial score (nSPS) is 52.6. The summed E-state index contributed by atoms with van der Waals surface area (Å²) < 4.78 is 40.2. The first kappa shape index (κ1) is 19.7. The molecular weight excluding hydrogens is 353 g/mol. The number of ketones is 1. The maximum absolute atomic E-state index is 13.4. The van der Waals surface area contributed by atoms with Gasteiger partial charge in [0.2, 0.25) is 0 Å². The van der Waals surface area contributed by atoms with Crippen LogP contribution in [0.4, 0.5) is 13.2 Å². The Kier molecular flexibility index (Phi) is 4.36. The van der Waals surface area contributed by atoms with Crippen LogP contribution < -0.4 is 0 Å². The molecule has 4 fully saturated rings. The summed E-state index contributed by atoms with van der Waals surface area (Å²) in [6.07, 6.45) is 1.51. The van der Waals surface area contributed by atoms with E-state index in [0.29, 0.717) is 30.0 Å². The molecule has 5 heteroatoms. The summed E-state index contributed by atoms with van der Waals surface area (Å²) in [6.45, 7) is 6.22. The van der Waals surface area contributed by atoms with Gasteiger partial charge in [0.25, 0.3) is 0 Å². The zero-order chi connectivity index (χ0) is 19.8. The lowest BCUT2D eigenvalue weighted by Gasteiger charge is -2.62. The van der Waals surface area contributed by atoms with Crippen LogP contribution in [0, 0.1) is 40.4 Å². The molecule has 0 aromatic heterocycles. The summed E-state index contributed by atoms with van der Waals surface area (Å²) >= 11 is 0. The highest BCUT2D eigenvalue weighted by atomic mass is 19.4. The Labute approximate surface area is 160 Å². The molecule has 4 rings (SSSR count). The fourth-order valence-electron chi connectivity index (χ4n) is 8.17. The zero-order valence-electron chi connectivity index (χ0n) is 16.7. The smallest absolute Gasteiger partial charge is 0.380 e. The Hall–Kier alpha value is -0.580. The van der Waals surface area contributed by atoms with Gasteiger partial charge in [0.1, 0.15) is 5.78 Å². The zero-order valence-corrected chi connectivity index (χ0v) is 16.7. The number of Topliss-reactive ketones (excluding diaryl/α,β-unsaturated/α-hetero) is 1. The highest BCUT2D eigenvalue weighted by Crippen LogP contribution is 2.68. The van der Waals surface area contributed by atoms with Crippen molar-refractivity contribution in [3.63, 3.8) is 0 Å². The molecule has 0 spiro atoms. The fraction of sp³-hybridized carbons (Fsp3) is 0.955. The lowest BCUT2D eigenvalue weighted by atomic mass is 9.43. The number of aliphatic hydroxyl groups is 1. The molecule has 0 bridgehead atoms. The molecule has 0 heterocycles. The van der Waals surface area contributed by atoms with Crippen molar-refractivity contribution in [1.82, 2.24) is 0 Å². The first-order chi connectivity index (χ1) is 12.4. The van der Waals surface area contributed by atoms with E-state index in [1.165, 1.54) is 0 Å². The number of hydrogen-bond acceptors (Lipinski definition) is 2. The molecule has 1 N–H and O–H groups in total. The van der Waals surface area contributed by atoms with Crippen LogP contribution in [0.2, 0.25) is 0 Å². The lowest BCUT2D eigenvalue weighted by Crippen LogP contribution is -2.59. The maximum Gasteiger partial charge on any atom is 0.417 e. The molecule has 0 aliphatic heterocycles. The van der Waals surface area contributed by atoms with Gasteiger partial charge in [0.15, 0.2) is 5.60 Å². The summed E-state index contributed by atoms with van der Waals surface area (Å²) in [4.78, 5) is 12.2. The molecule has 4 aliphatic rings. The van der Waals surface area contributed by atoms with Crippen LogP contribution in [0.25, 0.3) is 0 Å². The predicted octanol–water partition coefficient (Wildman–Crippen LogP) is 5.53. The minimum atomic E-state index is -4.53. The minimum Gasteiger partial charge on any atom is -0.380 e. The number of halogens is 3. The fourth-order valence-corrected chi connectivity index (χ4v) is 8.17. The van der Waals surface area contributed by atoms with Crippen LogP contribution in [0.5, 0.6) is 0 Å². The third-order valence-corrected chi connectivity index (χ3v) is 9.74. The molecule has 4 aliphatic carbocycles. The third kappa shape index (κ3) is 2.66. The van der Waals surface area contributed by atoms with Crippen LogP contribution in [-0.4, -0.2) is 22.7 Å². The second-order valence-electron chi connectivity index (χ2n) is 10.7. The summed E-state index contributed by atoms with van der Waals surface area (Å²) in [5, 5.41) is 10.3. The van der Waals surface area contributed by atoms with Gasteiger partial charge < -0.3 is 5.11 Å². The summed E-state index contributed by atoms with van der Waals surface area (Å²) in [5.41, 5.74) is -2.52. The van der Waals surface area contributed by atoms with Crippen molar-refractivity contribution in [3.05, 3.63) is 0 Å². The molecule has 0 radical (unpaired) electrons. The first-order valence-electron chi connectivity index (χ1n) is 10.7. The topological polar surface area (TPSA) is 37.3 Å². The quantitative estimate of drug-likeness (QED) is 0.643. The van der Waals surface area contributed by atoms with Gasteiger partial charge in [-0.3, -0.25) is 4.79 Å².